The Hall–Kier alpha value is -2.43. The number of hydrogen-bond acceptors (Lipinski definition) is 4. The molecule has 9 atom stereocenters. The van der Waals surface area contributed by atoms with E-state index in [2.05, 4.69) is 77.1 Å². The first-order valence-electron chi connectivity index (χ1n) is 17.4. The van der Waals surface area contributed by atoms with Crippen molar-refractivity contribution >= 4 is 17.1 Å². The molecule has 0 amide bonds. The molecule has 0 aromatic heterocycles. The van der Waals surface area contributed by atoms with Crippen molar-refractivity contribution in [2.45, 2.75) is 81.7 Å². The Labute approximate surface area is 250 Å². The van der Waals surface area contributed by atoms with Gasteiger partial charge in [0.25, 0.3) is 0 Å². The van der Waals surface area contributed by atoms with Crippen LogP contribution in [-0.2, 0) is 10.8 Å². The number of aliphatic imine (C=N–C) groups is 1. The number of benzene rings is 2. The van der Waals surface area contributed by atoms with Gasteiger partial charge in [-0.15, -0.1) is 0 Å². The lowest BCUT2D eigenvalue weighted by molar-refractivity contribution is -0.00363. The Morgan fingerprint density at radius 2 is 1.52 bits per heavy atom. The van der Waals surface area contributed by atoms with Crippen molar-refractivity contribution in [3.8, 4) is 0 Å². The smallest absolute Gasteiger partial charge is 0.0671 e. The molecule has 4 saturated heterocycles. The van der Waals surface area contributed by atoms with Gasteiger partial charge in [-0.2, -0.15) is 0 Å². The summed E-state index contributed by atoms with van der Waals surface area (Å²) in [5.41, 5.74) is 11.9. The van der Waals surface area contributed by atoms with Gasteiger partial charge < -0.3 is 4.90 Å². The molecular weight excluding hydrogens is 512 g/mol. The highest BCUT2D eigenvalue weighted by molar-refractivity contribution is 6.08. The van der Waals surface area contributed by atoms with Crippen LogP contribution in [0.3, 0.4) is 0 Å². The fourth-order valence-electron chi connectivity index (χ4n) is 13.6. The van der Waals surface area contributed by atoms with Gasteiger partial charge in [0.1, 0.15) is 0 Å². The number of nitrogens with zero attached hydrogens (tertiary/aromatic N) is 4. The van der Waals surface area contributed by atoms with Crippen LogP contribution in [0.1, 0.15) is 69.9 Å². The molecule has 4 nitrogen and oxygen atoms in total. The van der Waals surface area contributed by atoms with Gasteiger partial charge >= 0.3 is 0 Å². The Kier molecular flexibility index (Phi) is 4.34. The predicted molar refractivity (Wildman–Crippen MR) is 168 cm³/mol. The SMILES string of the molecule is CC[C@@H]1CN2CC[C@@]34C5=C(C[C@]6(CN5c5ccccc53)C3=Nc5ccccc5[C@@]35CCN3C[C@@H](CC)C6C[C@H]35)C1C[C@H]24. The van der Waals surface area contributed by atoms with E-state index >= 15 is 0 Å². The van der Waals surface area contributed by atoms with Crippen LogP contribution in [0.25, 0.3) is 0 Å². The molecule has 1 saturated carbocycles. The van der Waals surface area contributed by atoms with E-state index < -0.39 is 0 Å². The molecule has 5 fully saturated rings. The average Bonchev–Trinajstić information content (AvgIpc) is 3.79. The molecule has 2 unspecified atom stereocenters. The Balaban J connectivity index is 1.20. The first kappa shape index (κ1) is 24.0. The number of anilines is 1. The Morgan fingerprint density at radius 3 is 2.36 bits per heavy atom. The first-order chi connectivity index (χ1) is 20.6. The molecule has 216 valence electrons. The first-order valence-corrected chi connectivity index (χ1v) is 17.4. The average molecular weight is 557 g/mol. The molecule has 4 heteroatoms. The predicted octanol–water partition coefficient (Wildman–Crippen LogP) is 6.68. The van der Waals surface area contributed by atoms with Crippen LogP contribution in [0.15, 0.2) is 64.8 Å². The van der Waals surface area contributed by atoms with Gasteiger partial charge in [-0.1, -0.05) is 63.1 Å². The van der Waals surface area contributed by atoms with E-state index in [1.165, 1.54) is 76.8 Å². The molecule has 0 radical (unpaired) electrons. The maximum atomic E-state index is 5.84. The number of allylic oxidation sites excluding steroid dienone is 1. The van der Waals surface area contributed by atoms with E-state index in [-0.39, 0.29) is 16.2 Å². The Bertz CT molecular complexity index is 1620. The third-order valence-electron chi connectivity index (χ3n) is 15.0. The summed E-state index contributed by atoms with van der Waals surface area (Å²) in [6, 6.07) is 20.4. The fourth-order valence-corrected chi connectivity index (χ4v) is 13.6. The van der Waals surface area contributed by atoms with Crippen molar-refractivity contribution in [3.05, 3.63) is 70.9 Å². The molecule has 2 aliphatic carbocycles. The van der Waals surface area contributed by atoms with Crippen molar-refractivity contribution < 1.29 is 0 Å². The van der Waals surface area contributed by atoms with E-state index in [4.69, 9.17) is 4.99 Å². The summed E-state index contributed by atoms with van der Waals surface area (Å²) in [6.45, 7) is 11.3. The van der Waals surface area contributed by atoms with Crippen molar-refractivity contribution in [2.75, 3.05) is 37.6 Å². The number of fused-ring (bicyclic) bond motifs is 8. The molecule has 7 aliphatic heterocycles. The maximum absolute atomic E-state index is 5.84. The van der Waals surface area contributed by atoms with Gasteiger partial charge in [-0.3, -0.25) is 14.8 Å². The highest BCUT2D eigenvalue weighted by atomic mass is 15.3. The number of hydrogen-bond donors (Lipinski definition) is 0. The normalized spacial score (nSPS) is 45.2. The number of rotatable bonds is 2. The molecule has 9 aliphatic rings. The van der Waals surface area contributed by atoms with Crippen LogP contribution in [0.4, 0.5) is 11.4 Å². The molecule has 42 heavy (non-hydrogen) atoms. The zero-order chi connectivity index (χ0) is 27.6. The van der Waals surface area contributed by atoms with Crippen molar-refractivity contribution in [3.63, 3.8) is 0 Å². The van der Waals surface area contributed by atoms with E-state index in [1.54, 1.807) is 28.2 Å². The molecular formula is C38H44N4. The van der Waals surface area contributed by atoms with Gasteiger partial charge in [-0.25, -0.2) is 0 Å². The van der Waals surface area contributed by atoms with Crippen molar-refractivity contribution in [2.24, 2.45) is 34.1 Å². The standard InChI is InChI=1S/C38H44N4/c1-3-23-20-40-15-13-37-28-10-6-8-12-31(28)42-22-36(19-26(34(37)42)25(23)17-32(37)40)29-18-33-38(14-16-41(33)21-24(29)4-2)27-9-5-7-11-30(27)39-35(36)38/h5-12,23-25,29,32-33H,3-4,13-22H2,1-2H3/t23-,24-,25?,29?,32+,33+,36-,37-,38-/m1/s1. The maximum Gasteiger partial charge on any atom is 0.0671 e. The van der Waals surface area contributed by atoms with Crippen LogP contribution in [0.5, 0.6) is 0 Å². The summed E-state index contributed by atoms with van der Waals surface area (Å²) >= 11 is 0. The van der Waals surface area contributed by atoms with Gasteiger partial charge in [0, 0.05) is 54.2 Å². The molecule has 2 aromatic carbocycles. The third-order valence-corrected chi connectivity index (χ3v) is 15.0. The highest BCUT2D eigenvalue weighted by Crippen LogP contribution is 2.71. The van der Waals surface area contributed by atoms with Crippen LogP contribution >= 0.6 is 0 Å². The van der Waals surface area contributed by atoms with Crippen LogP contribution in [-0.4, -0.2) is 60.3 Å². The fraction of sp³-hybridized carbons (Fsp3) is 0.605. The molecule has 4 bridgehead atoms. The van der Waals surface area contributed by atoms with E-state index in [9.17, 15) is 0 Å². The van der Waals surface area contributed by atoms with Crippen molar-refractivity contribution in [1.29, 1.82) is 0 Å². The monoisotopic (exact) mass is 556 g/mol. The molecule has 11 rings (SSSR count). The minimum Gasteiger partial charge on any atom is -0.343 e. The molecule has 7 heterocycles. The van der Waals surface area contributed by atoms with Crippen molar-refractivity contribution in [1.82, 2.24) is 9.80 Å². The lowest BCUT2D eigenvalue weighted by Gasteiger charge is -2.64. The highest BCUT2D eigenvalue weighted by Gasteiger charge is 2.72. The lowest BCUT2D eigenvalue weighted by atomic mass is 9.45. The summed E-state index contributed by atoms with van der Waals surface area (Å²) in [5, 5.41) is 0. The summed E-state index contributed by atoms with van der Waals surface area (Å²) in [5.74, 6) is 3.03. The summed E-state index contributed by atoms with van der Waals surface area (Å²) < 4.78 is 0. The van der Waals surface area contributed by atoms with E-state index in [0.29, 0.717) is 12.1 Å². The summed E-state index contributed by atoms with van der Waals surface area (Å²) in [4.78, 5) is 14.6. The van der Waals surface area contributed by atoms with Gasteiger partial charge in [-0.05, 0) is 97.7 Å². The molecule has 2 aromatic rings. The second-order valence-corrected chi connectivity index (χ2v) is 15.8. The second kappa shape index (κ2) is 7.61. The number of para-hydroxylation sites is 2. The van der Waals surface area contributed by atoms with Gasteiger partial charge in [0.15, 0.2) is 0 Å². The van der Waals surface area contributed by atoms with E-state index in [1.807, 2.05) is 5.57 Å². The quantitative estimate of drug-likeness (QED) is 0.412. The zero-order valence-electron chi connectivity index (χ0n) is 25.4. The van der Waals surface area contributed by atoms with Crippen LogP contribution < -0.4 is 4.90 Å². The largest absolute Gasteiger partial charge is 0.343 e. The summed E-state index contributed by atoms with van der Waals surface area (Å²) in [7, 11) is 0. The zero-order valence-corrected chi connectivity index (χ0v) is 25.4. The Morgan fingerprint density at radius 1 is 0.810 bits per heavy atom. The topological polar surface area (TPSA) is 22.1 Å². The van der Waals surface area contributed by atoms with Crippen LogP contribution in [0, 0.1) is 29.1 Å². The van der Waals surface area contributed by atoms with Crippen LogP contribution in [0.2, 0.25) is 0 Å². The number of piperidine rings is 2. The molecule has 0 N–H and O–H groups in total. The second-order valence-electron chi connectivity index (χ2n) is 15.8. The van der Waals surface area contributed by atoms with Gasteiger partial charge in [0.05, 0.1) is 16.5 Å². The lowest BCUT2D eigenvalue weighted by Crippen LogP contribution is -2.69. The minimum atomic E-state index is 0.124. The summed E-state index contributed by atoms with van der Waals surface area (Å²) in [6.07, 6.45) is 9.22. The molecule has 3 spiro atoms. The minimum absolute atomic E-state index is 0.124. The third kappa shape index (κ3) is 2.37. The van der Waals surface area contributed by atoms with E-state index in [0.717, 1.165) is 30.2 Å². The van der Waals surface area contributed by atoms with Gasteiger partial charge in [0.2, 0.25) is 0 Å².